The second kappa shape index (κ2) is 5.12. The van der Waals surface area contributed by atoms with E-state index < -0.39 is 0 Å². The summed E-state index contributed by atoms with van der Waals surface area (Å²) in [5.41, 5.74) is 6.00. The Hall–Kier alpha value is -1.10. The molecule has 4 aliphatic rings. The Labute approximate surface area is 114 Å². The van der Waals surface area contributed by atoms with Crippen molar-refractivity contribution in [2.45, 2.75) is 50.6 Å². The molecule has 2 bridgehead atoms. The van der Waals surface area contributed by atoms with Crippen LogP contribution in [0.15, 0.2) is 0 Å². The Bertz CT molecular complexity index is 379. The molecule has 0 aromatic heterocycles. The quantitative estimate of drug-likeness (QED) is 0.642. The highest BCUT2D eigenvalue weighted by atomic mass is 16.2. The van der Waals surface area contributed by atoms with E-state index in [0.717, 1.165) is 45.1 Å². The zero-order valence-electron chi connectivity index (χ0n) is 11.4. The summed E-state index contributed by atoms with van der Waals surface area (Å²) >= 11 is 0. The number of carbonyl (C=O) groups is 2. The zero-order valence-corrected chi connectivity index (χ0v) is 11.4. The van der Waals surface area contributed by atoms with Gasteiger partial charge in [0, 0.05) is 31.7 Å². The molecular weight excluding hydrogens is 242 g/mol. The van der Waals surface area contributed by atoms with Gasteiger partial charge < -0.3 is 15.5 Å². The highest BCUT2D eigenvalue weighted by Gasteiger charge is 2.47. The van der Waals surface area contributed by atoms with Crippen LogP contribution in [0.4, 0.5) is 0 Å². The van der Waals surface area contributed by atoms with Crippen molar-refractivity contribution in [3.63, 3.8) is 0 Å². The molecule has 1 aliphatic carbocycles. The molecule has 4 fully saturated rings. The predicted molar refractivity (Wildman–Crippen MR) is 71.2 cm³/mol. The first-order valence-electron chi connectivity index (χ1n) is 7.50. The molecule has 1 atom stereocenters. The van der Waals surface area contributed by atoms with Crippen molar-refractivity contribution in [3.05, 3.63) is 0 Å². The Morgan fingerprint density at radius 1 is 1.00 bits per heavy atom. The van der Waals surface area contributed by atoms with Crippen LogP contribution in [0.25, 0.3) is 0 Å². The van der Waals surface area contributed by atoms with Gasteiger partial charge in [0.1, 0.15) is 0 Å². The van der Waals surface area contributed by atoms with E-state index in [4.69, 9.17) is 5.73 Å². The lowest BCUT2D eigenvalue weighted by Gasteiger charge is -2.30. The molecule has 0 spiro atoms. The fraction of sp³-hybridized carbons (Fsp3) is 0.857. The molecule has 3 saturated heterocycles. The van der Waals surface area contributed by atoms with Gasteiger partial charge in [0.25, 0.3) is 0 Å². The number of hydrogen-bond acceptors (Lipinski definition) is 3. The van der Waals surface area contributed by atoms with Gasteiger partial charge in [-0.2, -0.15) is 0 Å². The van der Waals surface area contributed by atoms with Crippen molar-refractivity contribution in [2.75, 3.05) is 19.6 Å². The summed E-state index contributed by atoms with van der Waals surface area (Å²) in [5.74, 6) is 0.0269. The van der Waals surface area contributed by atoms with Gasteiger partial charge in [-0.25, -0.2) is 0 Å². The Balaban J connectivity index is 1.62. The average Bonchev–Trinajstić information content (AvgIpc) is 2.91. The van der Waals surface area contributed by atoms with Gasteiger partial charge in [0.05, 0.1) is 0 Å². The minimum Gasteiger partial charge on any atom is -0.333 e. The average molecular weight is 265 g/mol. The van der Waals surface area contributed by atoms with Crippen LogP contribution in [0, 0.1) is 5.92 Å². The van der Waals surface area contributed by atoms with E-state index in [2.05, 4.69) is 0 Å². The maximum Gasteiger partial charge on any atom is 0.312 e. The van der Waals surface area contributed by atoms with Crippen LogP contribution in [0.5, 0.6) is 0 Å². The van der Waals surface area contributed by atoms with Crippen molar-refractivity contribution in [1.82, 2.24) is 9.80 Å². The summed E-state index contributed by atoms with van der Waals surface area (Å²) < 4.78 is 0. The van der Waals surface area contributed by atoms with Crippen molar-refractivity contribution >= 4 is 11.8 Å². The topological polar surface area (TPSA) is 66.6 Å². The standard InChI is InChI=1S/C14H23N3O2/c15-11-4-2-1-3-5-16(9-11)13(18)14(19)17-8-10-6-12(17)7-10/h10-12H,1-9,15H2. The third kappa shape index (κ3) is 2.48. The molecule has 0 radical (unpaired) electrons. The minimum absolute atomic E-state index is 0.0179. The summed E-state index contributed by atoms with van der Waals surface area (Å²) in [6.45, 7) is 2.00. The molecule has 5 nitrogen and oxygen atoms in total. The Kier molecular flexibility index (Phi) is 3.48. The van der Waals surface area contributed by atoms with Crippen molar-refractivity contribution < 1.29 is 9.59 Å². The van der Waals surface area contributed by atoms with Crippen LogP contribution in [0.2, 0.25) is 0 Å². The van der Waals surface area contributed by atoms with Crippen LogP contribution < -0.4 is 5.73 Å². The number of amides is 2. The molecule has 5 heteroatoms. The maximum atomic E-state index is 12.3. The van der Waals surface area contributed by atoms with E-state index in [1.165, 1.54) is 0 Å². The number of likely N-dealkylation sites (tertiary alicyclic amines) is 1. The molecule has 1 unspecified atom stereocenters. The number of rotatable bonds is 0. The van der Waals surface area contributed by atoms with Crippen LogP contribution in [0.1, 0.15) is 38.5 Å². The summed E-state index contributed by atoms with van der Waals surface area (Å²) in [4.78, 5) is 28.1. The lowest BCUT2D eigenvalue weighted by atomic mass is 9.86. The zero-order chi connectivity index (χ0) is 13.4. The molecule has 3 aliphatic heterocycles. The van der Waals surface area contributed by atoms with E-state index in [-0.39, 0.29) is 17.9 Å². The SMILES string of the molecule is NC1CCCCCN(C(=O)C(=O)N2CC3CC2C3)C1. The molecule has 2 N–H and O–H groups in total. The van der Waals surface area contributed by atoms with Crippen LogP contribution in [-0.4, -0.2) is 53.3 Å². The minimum atomic E-state index is -0.329. The first-order chi connectivity index (χ1) is 9.15. The van der Waals surface area contributed by atoms with E-state index >= 15 is 0 Å². The number of nitrogens with two attached hydrogens (primary N) is 1. The molecule has 1 saturated carbocycles. The van der Waals surface area contributed by atoms with Gasteiger partial charge in [0.2, 0.25) is 0 Å². The number of fused-ring (bicyclic) bond motifs is 1. The maximum absolute atomic E-state index is 12.3. The first-order valence-corrected chi connectivity index (χ1v) is 7.50. The smallest absolute Gasteiger partial charge is 0.312 e. The van der Waals surface area contributed by atoms with Gasteiger partial charge in [-0.3, -0.25) is 9.59 Å². The van der Waals surface area contributed by atoms with E-state index in [0.29, 0.717) is 25.0 Å². The normalized spacial score (nSPS) is 34.5. The third-order valence-electron chi connectivity index (χ3n) is 4.80. The fourth-order valence-electron chi connectivity index (χ4n) is 3.57. The number of carbonyl (C=O) groups excluding carboxylic acids is 2. The number of nitrogens with zero attached hydrogens (tertiary/aromatic N) is 2. The van der Waals surface area contributed by atoms with Crippen molar-refractivity contribution in [1.29, 1.82) is 0 Å². The molecule has 4 rings (SSSR count). The lowest BCUT2D eigenvalue weighted by Crippen LogP contribution is -2.50. The molecular formula is C14H23N3O2. The van der Waals surface area contributed by atoms with Crippen LogP contribution >= 0.6 is 0 Å². The highest BCUT2D eigenvalue weighted by Crippen LogP contribution is 2.40. The van der Waals surface area contributed by atoms with E-state index in [9.17, 15) is 9.59 Å². The third-order valence-corrected chi connectivity index (χ3v) is 4.80. The Morgan fingerprint density at radius 2 is 1.79 bits per heavy atom. The monoisotopic (exact) mass is 265 g/mol. The molecule has 19 heavy (non-hydrogen) atoms. The van der Waals surface area contributed by atoms with Crippen LogP contribution in [0.3, 0.4) is 0 Å². The summed E-state index contributed by atoms with van der Waals surface area (Å²) in [6.07, 6.45) is 6.36. The molecule has 2 amide bonds. The lowest BCUT2D eigenvalue weighted by molar-refractivity contribution is -0.152. The van der Waals surface area contributed by atoms with Gasteiger partial charge in [-0.05, 0) is 31.6 Å². The van der Waals surface area contributed by atoms with E-state index in [1.54, 1.807) is 9.80 Å². The molecule has 0 aromatic carbocycles. The van der Waals surface area contributed by atoms with Gasteiger partial charge in [0.15, 0.2) is 0 Å². The summed E-state index contributed by atoms with van der Waals surface area (Å²) in [6, 6.07) is 0.356. The summed E-state index contributed by atoms with van der Waals surface area (Å²) in [7, 11) is 0. The van der Waals surface area contributed by atoms with Crippen molar-refractivity contribution in [2.24, 2.45) is 11.7 Å². The highest BCUT2D eigenvalue weighted by molar-refractivity contribution is 6.35. The number of hydrogen-bond donors (Lipinski definition) is 1. The second-order valence-corrected chi connectivity index (χ2v) is 6.31. The fourth-order valence-corrected chi connectivity index (χ4v) is 3.57. The van der Waals surface area contributed by atoms with Gasteiger partial charge >= 0.3 is 11.8 Å². The largest absolute Gasteiger partial charge is 0.333 e. The van der Waals surface area contributed by atoms with Gasteiger partial charge in [-0.15, -0.1) is 0 Å². The molecule has 3 heterocycles. The second-order valence-electron chi connectivity index (χ2n) is 6.31. The first kappa shape index (κ1) is 12.9. The van der Waals surface area contributed by atoms with E-state index in [1.807, 2.05) is 0 Å². The molecule has 106 valence electrons. The Morgan fingerprint density at radius 3 is 2.47 bits per heavy atom. The predicted octanol–water partition coefficient (Wildman–Crippen LogP) is 0.337. The van der Waals surface area contributed by atoms with Crippen molar-refractivity contribution in [3.8, 4) is 0 Å². The van der Waals surface area contributed by atoms with Gasteiger partial charge in [-0.1, -0.05) is 12.8 Å². The van der Waals surface area contributed by atoms with Crippen LogP contribution in [-0.2, 0) is 9.59 Å². The molecule has 0 aromatic rings. The summed E-state index contributed by atoms with van der Waals surface area (Å²) in [5, 5.41) is 0.